The van der Waals surface area contributed by atoms with Crippen LogP contribution in [-0.2, 0) is 13.0 Å². The Morgan fingerprint density at radius 1 is 1.08 bits per heavy atom. The summed E-state index contributed by atoms with van der Waals surface area (Å²) in [6.45, 7) is 1.39. The number of rotatable bonds is 2. The van der Waals surface area contributed by atoms with Crippen LogP contribution in [0.5, 0.6) is 0 Å². The van der Waals surface area contributed by atoms with Gasteiger partial charge in [0.15, 0.2) is 0 Å². The maximum Gasteiger partial charge on any atom is 0.254 e. The maximum atomic E-state index is 13.0. The lowest BCUT2D eigenvalue weighted by Crippen LogP contribution is -2.35. The molecule has 0 fully saturated rings. The molecular weight excluding hydrogens is 324 g/mol. The fourth-order valence-electron chi connectivity index (χ4n) is 3.71. The smallest absolute Gasteiger partial charge is 0.254 e. The van der Waals surface area contributed by atoms with Gasteiger partial charge >= 0.3 is 0 Å². The molecule has 0 saturated carbocycles. The van der Waals surface area contributed by atoms with E-state index in [1.54, 1.807) is 12.5 Å². The third kappa shape index (κ3) is 2.40. The monoisotopic (exact) mass is 342 g/mol. The zero-order valence-corrected chi connectivity index (χ0v) is 14.2. The summed E-state index contributed by atoms with van der Waals surface area (Å²) in [5.41, 5.74) is 5.37. The number of para-hydroxylation sites is 1. The largest absolute Gasteiger partial charge is 0.358 e. The first-order chi connectivity index (χ1) is 12.8. The van der Waals surface area contributed by atoms with Crippen LogP contribution in [0.2, 0.25) is 0 Å². The molecule has 5 heteroatoms. The molecule has 0 unspecified atom stereocenters. The molecule has 128 valence electrons. The van der Waals surface area contributed by atoms with Crippen molar-refractivity contribution >= 4 is 16.8 Å². The average Bonchev–Trinajstić information content (AvgIpc) is 3.35. The molecule has 1 N–H and O–H groups in total. The number of fused-ring (bicyclic) bond motifs is 3. The second-order valence-corrected chi connectivity index (χ2v) is 6.62. The summed E-state index contributed by atoms with van der Waals surface area (Å²) in [7, 11) is 0. The van der Waals surface area contributed by atoms with Gasteiger partial charge in [-0.15, -0.1) is 0 Å². The minimum Gasteiger partial charge on any atom is -0.358 e. The molecule has 0 bridgehead atoms. The number of nitrogens with zero attached hydrogens (tertiary/aromatic N) is 3. The van der Waals surface area contributed by atoms with Crippen LogP contribution in [0.1, 0.15) is 21.6 Å². The normalized spacial score (nSPS) is 13.8. The maximum absolute atomic E-state index is 13.0. The minimum atomic E-state index is 0.0816. The first kappa shape index (κ1) is 15.0. The van der Waals surface area contributed by atoms with Crippen LogP contribution >= 0.6 is 0 Å². The highest BCUT2D eigenvalue weighted by molar-refractivity contribution is 5.95. The number of benzene rings is 2. The van der Waals surface area contributed by atoms with Crippen LogP contribution in [0.25, 0.3) is 16.6 Å². The number of imidazole rings is 1. The van der Waals surface area contributed by atoms with Crippen molar-refractivity contribution in [2.75, 3.05) is 6.54 Å². The zero-order valence-electron chi connectivity index (χ0n) is 14.2. The van der Waals surface area contributed by atoms with E-state index in [2.05, 4.69) is 22.1 Å². The quantitative estimate of drug-likeness (QED) is 0.606. The summed E-state index contributed by atoms with van der Waals surface area (Å²) < 4.78 is 1.92. The van der Waals surface area contributed by atoms with Gasteiger partial charge in [-0.05, 0) is 30.3 Å². The van der Waals surface area contributed by atoms with Crippen molar-refractivity contribution in [1.29, 1.82) is 0 Å². The third-order valence-corrected chi connectivity index (χ3v) is 5.09. The predicted octanol–water partition coefficient (Wildman–Crippen LogP) is 3.55. The minimum absolute atomic E-state index is 0.0816. The van der Waals surface area contributed by atoms with E-state index in [9.17, 15) is 4.79 Å². The number of hydrogen-bond acceptors (Lipinski definition) is 2. The van der Waals surface area contributed by atoms with Crippen LogP contribution in [0.4, 0.5) is 0 Å². The molecule has 5 rings (SSSR count). The Morgan fingerprint density at radius 2 is 1.92 bits per heavy atom. The SMILES string of the molecule is O=C(c1ccc(-n2ccnc2)cc1)N1CCc2[nH]c3ccccc3c2C1. The van der Waals surface area contributed by atoms with Gasteiger partial charge in [0.05, 0.1) is 6.33 Å². The summed E-state index contributed by atoms with van der Waals surface area (Å²) in [4.78, 5) is 22.4. The molecular formula is C21H18N4O. The van der Waals surface area contributed by atoms with E-state index in [-0.39, 0.29) is 5.91 Å². The Bertz CT molecular complexity index is 1080. The van der Waals surface area contributed by atoms with Gasteiger partial charge in [0, 0.05) is 65.3 Å². The van der Waals surface area contributed by atoms with Crippen molar-refractivity contribution in [3.63, 3.8) is 0 Å². The van der Waals surface area contributed by atoms with E-state index in [1.165, 1.54) is 16.6 Å². The number of aromatic amines is 1. The van der Waals surface area contributed by atoms with Crippen LogP contribution in [-0.4, -0.2) is 31.9 Å². The molecule has 0 aliphatic carbocycles. The summed E-state index contributed by atoms with van der Waals surface area (Å²) in [5.74, 6) is 0.0816. The molecule has 1 aliphatic heterocycles. The Balaban J connectivity index is 1.41. The highest BCUT2D eigenvalue weighted by Crippen LogP contribution is 2.28. The second kappa shape index (κ2) is 5.88. The Labute approximate surface area is 150 Å². The Kier molecular flexibility index (Phi) is 3.38. The summed E-state index contributed by atoms with van der Waals surface area (Å²) >= 11 is 0. The summed E-state index contributed by atoms with van der Waals surface area (Å²) in [5, 5.41) is 1.22. The first-order valence-corrected chi connectivity index (χ1v) is 8.76. The van der Waals surface area contributed by atoms with Crippen molar-refractivity contribution in [3.8, 4) is 5.69 Å². The molecule has 26 heavy (non-hydrogen) atoms. The topological polar surface area (TPSA) is 53.9 Å². The average molecular weight is 342 g/mol. The Hall–Kier alpha value is -3.34. The number of carbonyl (C=O) groups excluding carboxylic acids is 1. The van der Waals surface area contributed by atoms with Gasteiger partial charge in [0.1, 0.15) is 0 Å². The summed E-state index contributed by atoms with van der Waals surface area (Å²) in [6, 6.07) is 16.0. The van der Waals surface area contributed by atoms with Crippen LogP contribution in [0, 0.1) is 0 Å². The predicted molar refractivity (Wildman–Crippen MR) is 100 cm³/mol. The van der Waals surface area contributed by atoms with E-state index in [0.29, 0.717) is 6.54 Å². The van der Waals surface area contributed by atoms with Crippen molar-refractivity contribution in [2.24, 2.45) is 0 Å². The van der Waals surface area contributed by atoms with Gasteiger partial charge < -0.3 is 14.5 Å². The molecule has 1 aliphatic rings. The fraction of sp³-hybridized carbons (Fsp3) is 0.143. The van der Waals surface area contributed by atoms with Gasteiger partial charge in [-0.2, -0.15) is 0 Å². The van der Waals surface area contributed by atoms with Crippen molar-refractivity contribution in [1.82, 2.24) is 19.4 Å². The Morgan fingerprint density at radius 3 is 2.73 bits per heavy atom. The first-order valence-electron chi connectivity index (χ1n) is 8.76. The van der Waals surface area contributed by atoms with Crippen molar-refractivity contribution < 1.29 is 4.79 Å². The van der Waals surface area contributed by atoms with Crippen molar-refractivity contribution in [2.45, 2.75) is 13.0 Å². The standard InChI is InChI=1S/C21H18N4O/c26-21(15-5-7-16(8-6-15)25-12-10-22-14-25)24-11-9-20-18(13-24)17-3-1-2-4-19(17)23-20/h1-8,10,12,14,23H,9,11,13H2. The number of nitrogens with one attached hydrogen (secondary N) is 1. The lowest BCUT2D eigenvalue weighted by Gasteiger charge is -2.27. The lowest BCUT2D eigenvalue weighted by molar-refractivity contribution is 0.0735. The molecule has 0 saturated heterocycles. The lowest BCUT2D eigenvalue weighted by atomic mass is 10.0. The van der Waals surface area contributed by atoms with Gasteiger partial charge in [-0.1, -0.05) is 18.2 Å². The van der Waals surface area contributed by atoms with E-state index < -0.39 is 0 Å². The van der Waals surface area contributed by atoms with E-state index in [0.717, 1.165) is 29.7 Å². The second-order valence-electron chi connectivity index (χ2n) is 6.62. The van der Waals surface area contributed by atoms with Crippen LogP contribution < -0.4 is 0 Å². The van der Waals surface area contributed by atoms with E-state index in [4.69, 9.17) is 0 Å². The number of H-pyrrole nitrogens is 1. The molecule has 2 aromatic heterocycles. The molecule has 5 nitrogen and oxygen atoms in total. The molecule has 4 aromatic rings. The van der Waals surface area contributed by atoms with Gasteiger partial charge in [-0.3, -0.25) is 4.79 Å². The third-order valence-electron chi connectivity index (χ3n) is 5.09. The molecule has 0 atom stereocenters. The molecule has 1 amide bonds. The molecule has 0 spiro atoms. The summed E-state index contributed by atoms with van der Waals surface area (Å²) in [6.07, 6.45) is 6.24. The molecule has 2 aromatic carbocycles. The van der Waals surface area contributed by atoms with Crippen LogP contribution in [0.3, 0.4) is 0 Å². The zero-order chi connectivity index (χ0) is 17.5. The molecule has 3 heterocycles. The van der Waals surface area contributed by atoms with E-state index >= 15 is 0 Å². The van der Waals surface area contributed by atoms with Crippen LogP contribution in [0.15, 0.2) is 67.3 Å². The number of carbonyl (C=O) groups is 1. The number of amides is 1. The van der Waals surface area contributed by atoms with E-state index in [1.807, 2.05) is 52.1 Å². The number of hydrogen-bond donors (Lipinski definition) is 1. The van der Waals surface area contributed by atoms with Crippen molar-refractivity contribution in [3.05, 3.63) is 84.1 Å². The van der Waals surface area contributed by atoms with Gasteiger partial charge in [0.25, 0.3) is 5.91 Å². The highest BCUT2D eigenvalue weighted by Gasteiger charge is 2.24. The number of aromatic nitrogens is 3. The highest BCUT2D eigenvalue weighted by atomic mass is 16.2. The fourth-order valence-corrected chi connectivity index (χ4v) is 3.71. The van der Waals surface area contributed by atoms with Gasteiger partial charge in [-0.25, -0.2) is 4.98 Å². The van der Waals surface area contributed by atoms with Gasteiger partial charge in [0.2, 0.25) is 0 Å². The molecule has 0 radical (unpaired) electrons.